The molecule has 0 saturated carbocycles. The predicted octanol–water partition coefficient (Wildman–Crippen LogP) is 7.79. The van der Waals surface area contributed by atoms with Crippen LogP contribution in [0.5, 0.6) is 11.5 Å². The summed E-state index contributed by atoms with van der Waals surface area (Å²) in [6, 6.07) is 28.5. The minimum Gasteiger partial charge on any atom is -0.497 e. The zero-order valence-corrected chi connectivity index (χ0v) is 43.4. The van der Waals surface area contributed by atoms with Crippen LogP contribution in [0, 0.1) is 10.1 Å². The molecule has 0 radical (unpaired) electrons. The van der Waals surface area contributed by atoms with Gasteiger partial charge in [0.1, 0.15) is 35.4 Å². The first-order valence-electron chi connectivity index (χ1n) is 23.2. The van der Waals surface area contributed by atoms with Gasteiger partial charge in [-0.2, -0.15) is 0 Å². The van der Waals surface area contributed by atoms with Crippen LogP contribution in [-0.2, 0) is 35.5 Å². The molecule has 21 heteroatoms. The first-order valence-corrected chi connectivity index (χ1v) is 27.4. The molecular formula is C51H61N7O12SSi. The number of hydrogen-bond donors (Lipinski definition) is 4. The summed E-state index contributed by atoms with van der Waals surface area (Å²) >= 11 is 1.19. The molecule has 1 aliphatic rings. The molecule has 4 aromatic carbocycles. The Labute approximate surface area is 422 Å². The van der Waals surface area contributed by atoms with Crippen LogP contribution in [0.25, 0.3) is 11.2 Å². The molecule has 0 spiro atoms. The van der Waals surface area contributed by atoms with Crippen molar-refractivity contribution in [1.82, 2.24) is 24.8 Å². The number of nitro benzene ring substituents is 1. The number of rotatable bonds is 20. The van der Waals surface area contributed by atoms with E-state index in [1.54, 1.807) is 39.5 Å². The minimum atomic E-state index is -2.48. The average molecular weight is 1020 g/mol. The number of aromatic nitrogens is 4. The standard InChI is InChI=1S/C51H61N7O12SSi/c1-31(70-72(8,9)50(2,3)4)40(47(61)67-28-27-32-15-21-36(22-16-32)58(63)64)53-48(62)54-44-41-45(56-49(55-44)71-7)57(30-52-41)46-43(60)42(59)39(69-46)29-68-51(33-13-11-10-12-14-33,34-17-23-37(65-5)24-18-34)35-19-25-38(66-6)26-20-35/h10-26,30-31,39-40,42-43,46,59-60H,27-29H2,1-9H3,(H2,53,54,55,56,62)/t31-,39-,40+,42-,43-,46-/m1/s1. The van der Waals surface area contributed by atoms with Gasteiger partial charge < -0.3 is 43.6 Å². The summed E-state index contributed by atoms with van der Waals surface area (Å²) in [5.41, 5.74) is 2.03. The summed E-state index contributed by atoms with van der Waals surface area (Å²) in [5.74, 6) is 0.537. The molecule has 1 fully saturated rings. The number of fused-ring (bicyclic) bond motifs is 1. The van der Waals surface area contributed by atoms with Crippen LogP contribution in [0.4, 0.5) is 16.3 Å². The zero-order chi connectivity index (χ0) is 52.0. The highest BCUT2D eigenvalue weighted by molar-refractivity contribution is 7.98. The summed E-state index contributed by atoms with van der Waals surface area (Å²) in [4.78, 5) is 52.2. The summed E-state index contributed by atoms with van der Waals surface area (Å²) in [7, 11) is 0.701. The maximum absolute atomic E-state index is 14.0. The Kier molecular flexibility index (Phi) is 16.7. The van der Waals surface area contributed by atoms with E-state index >= 15 is 0 Å². The van der Waals surface area contributed by atoms with Gasteiger partial charge in [-0.1, -0.05) is 99.3 Å². The lowest BCUT2D eigenvalue weighted by atomic mass is 9.80. The van der Waals surface area contributed by atoms with Gasteiger partial charge in [0.15, 0.2) is 42.7 Å². The molecule has 7 rings (SSSR count). The zero-order valence-electron chi connectivity index (χ0n) is 41.6. The van der Waals surface area contributed by atoms with Crippen molar-refractivity contribution >= 4 is 54.7 Å². The number of non-ortho nitro benzene ring substituents is 1. The van der Waals surface area contributed by atoms with Crippen molar-refractivity contribution in [3.63, 3.8) is 0 Å². The number of nitro groups is 1. The SMILES string of the molecule is COc1ccc(C(OC[C@H]2O[C@@H](n3cnc4c(NC(=O)N[C@H](C(=O)OCCc5ccc([N+](=O)[O-])cc5)[C@@H](C)O[Si](C)(C)C(C)(C)C)nc(SC)nc43)[C@H](O)[C@@H]2O)(c2ccccc2)c2ccc(OC)cc2)cc1. The lowest BCUT2D eigenvalue weighted by Crippen LogP contribution is -2.55. The van der Waals surface area contributed by atoms with Crippen molar-refractivity contribution in [2.75, 3.05) is 39.0 Å². The normalized spacial score (nSPS) is 18.0. The summed E-state index contributed by atoms with van der Waals surface area (Å²) < 4.78 is 38.1. The number of anilines is 1. The van der Waals surface area contributed by atoms with Crippen LogP contribution >= 0.6 is 11.8 Å². The Hall–Kier alpha value is -6.46. The fourth-order valence-corrected chi connectivity index (χ4v) is 9.92. The maximum atomic E-state index is 14.0. The molecule has 6 atom stereocenters. The van der Waals surface area contributed by atoms with Crippen molar-refractivity contribution in [3.8, 4) is 11.5 Å². The maximum Gasteiger partial charge on any atom is 0.331 e. The number of benzene rings is 4. The van der Waals surface area contributed by atoms with Crippen molar-refractivity contribution in [2.24, 2.45) is 0 Å². The van der Waals surface area contributed by atoms with E-state index < -0.39 is 67.5 Å². The first-order chi connectivity index (χ1) is 34.3. The van der Waals surface area contributed by atoms with Crippen LogP contribution in [-0.4, -0.2) is 119 Å². The quantitative estimate of drug-likeness (QED) is 0.0109. The molecule has 3 heterocycles. The number of urea groups is 1. The van der Waals surface area contributed by atoms with Gasteiger partial charge in [0.2, 0.25) is 0 Å². The molecule has 2 aromatic heterocycles. The number of nitrogens with zero attached hydrogens (tertiary/aromatic N) is 5. The number of hydrogen-bond acceptors (Lipinski definition) is 16. The van der Waals surface area contributed by atoms with E-state index in [0.717, 1.165) is 16.7 Å². The van der Waals surface area contributed by atoms with Crippen LogP contribution < -0.4 is 20.1 Å². The molecular weight excluding hydrogens is 963 g/mol. The highest BCUT2D eigenvalue weighted by atomic mass is 32.2. The molecule has 0 bridgehead atoms. The van der Waals surface area contributed by atoms with Crippen LogP contribution in [0.1, 0.15) is 56.2 Å². The first kappa shape index (κ1) is 53.3. The number of aliphatic hydroxyl groups is 2. The number of carbonyl (C=O) groups is 2. The van der Waals surface area contributed by atoms with Crippen LogP contribution in [0.3, 0.4) is 0 Å². The molecule has 382 valence electrons. The molecule has 0 aliphatic carbocycles. The molecule has 1 aliphatic heterocycles. The van der Waals surface area contributed by atoms with E-state index in [9.17, 15) is 29.9 Å². The monoisotopic (exact) mass is 1020 g/mol. The molecule has 72 heavy (non-hydrogen) atoms. The fraction of sp³-hybridized carbons (Fsp3) is 0.392. The Bertz CT molecular complexity index is 2770. The van der Waals surface area contributed by atoms with E-state index in [4.69, 9.17) is 28.1 Å². The van der Waals surface area contributed by atoms with E-state index in [1.807, 2.05) is 92.0 Å². The van der Waals surface area contributed by atoms with Gasteiger partial charge in [0, 0.05) is 18.6 Å². The molecule has 19 nitrogen and oxygen atoms in total. The number of amides is 2. The number of carbonyl (C=O) groups excluding carboxylic acids is 2. The van der Waals surface area contributed by atoms with Crippen molar-refractivity contribution < 1.29 is 52.8 Å². The molecule has 4 N–H and O–H groups in total. The van der Waals surface area contributed by atoms with Gasteiger partial charge in [-0.3, -0.25) is 20.0 Å². The smallest absolute Gasteiger partial charge is 0.331 e. The number of nitrogens with one attached hydrogen (secondary N) is 2. The second-order valence-electron chi connectivity index (χ2n) is 18.7. The van der Waals surface area contributed by atoms with E-state index in [0.29, 0.717) is 17.1 Å². The minimum absolute atomic E-state index is 0.0107. The number of aliphatic hydroxyl groups excluding tert-OH is 2. The van der Waals surface area contributed by atoms with Gasteiger partial charge in [0.25, 0.3) is 5.69 Å². The van der Waals surface area contributed by atoms with E-state index in [-0.39, 0.29) is 52.5 Å². The number of methoxy groups -OCH3 is 2. The summed E-state index contributed by atoms with van der Waals surface area (Å²) in [5, 5.41) is 39.9. The van der Waals surface area contributed by atoms with Crippen molar-refractivity contribution in [2.45, 2.75) is 99.7 Å². The largest absolute Gasteiger partial charge is 0.497 e. The van der Waals surface area contributed by atoms with Gasteiger partial charge in [0.05, 0.1) is 44.8 Å². The Morgan fingerprint density at radius 1 is 0.889 bits per heavy atom. The van der Waals surface area contributed by atoms with Crippen LogP contribution in [0.2, 0.25) is 18.1 Å². The molecule has 1 saturated heterocycles. The van der Waals surface area contributed by atoms with Crippen molar-refractivity contribution in [3.05, 3.63) is 142 Å². The van der Waals surface area contributed by atoms with Crippen LogP contribution in [0.15, 0.2) is 115 Å². The summed E-state index contributed by atoms with van der Waals surface area (Å²) in [6.45, 7) is 11.7. The van der Waals surface area contributed by atoms with E-state index in [1.165, 1.54) is 34.8 Å². The van der Waals surface area contributed by atoms with Gasteiger partial charge in [-0.25, -0.2) is 24.5 Å². The Balaban J connectivity index is 1.13. The number of ether oxygens (including phenoxy) is 5. The van der Waals surface area contributed by atoms with Gasteiger partial charge in [-0.15, -0.1) is 0 Å². The molecule has 0 unspecified atom stereocenters. The second kappa shape index (κ2) is 22.5. The number of imidazole rings is 1. The van der Waals surface area contributed by atoms with Gasteiger partial charge >= 0.3 is 12.0 Å². The van der Waals surface area contributed by atoms with Gasteiger partial charge in [-0.05, 0) is 77.8 Å². The number of esters is 1. The average Bonchev–Trinajstić information content (AvgIpc) is 3.92. The number of thioether (sulfide) groups is 1. The Morgan fingerprint density at radius 2 is 1.49 bits per heavy atom. The lowest BCUT2D eigenvalue weighted by molar-refractivity contribution is -0.384. The summed E-state index contributed by atoms with van der Waals surface area (Å²) in [6.07, 6.45) is -2.62. The molecule has 6 aromatic rings. The third-order valence-electron chi connectivity index (χ3n) is 13.1. The lowest BCUT2D eigenvalue weighted by Gasteiger charge is -2.40. The van der Waals surface area contributed by atoms with E-state index in [2.05, 4.69) is 46.4 Å². The third kappa shape index (κ3) is 11.6. The predicted molar refractivity (Wildman–Crippen MR) is 273 cm³/mol. The highest BCUT2D eigenvalue weighted by Gasteiger charge is 2.47. The highest BCUT2D eigenvalue weighted by Crippen LogP contribution is 2.43. The Morgan fingerprint density at radius 3 is 2.04 bits per heavy atom. The fourth-order valence-electron chi connectivity index (χ4n) is 8.15. The second-order valence-corrected chi connectivity index (χ2v) is 24.3. The van der Waals surface area contributed by atoms with Crippen molar-refractivity contribution in [1.29, 1.82) is 0 Å². The molecule has 2 amide bonds. The topological polar surface area (TPSA) is 241 Å². The third-order valence-corrected chi connectivity index (χ3v) is 18.3.